The highest BCUT2D eigenvalue weighted by Gasteiger charge is 2.65. The summed E-state index contributed by atoms with van der Waals surface area (Å²) in [7, 11) is -9.54. The zero-order chi connectivity index (χ0) is 11.1. The maximum Gasteiger partial charge on any atom is 0.310 e. The second-order valence-corrected chi connectivity index (χ2v) is 5.43. The molecule has 0 aromatic heterocycles. The summed E-state index contributed by atoms with van der Waals surface area (Å²) < 4.78 is 61.1. The summed E-state index contributed by atoms with van der Waals surface area (Å²) in [4.78, 5) is -1.90. The van der Waals surface area contributed by atoms with Gasteiger partial charge in [0.1, 0.15) is 4.90 Å². The van der Waals surface area contributed by atoms with Crippen molar-refractivity contribution >= 4 is 21.8 Å². The second-order valence-electron chi connectivity index (χ2n) is 2.75. The van der Waals surface area contributed by atoms with Crippen molar-refractivity contribution in [1.29, 1.82) is 0 Å². The molecule has 1 rings (SSSR count). The van der Waals surface area contributed by atoms with Crippen LogP contribution in [-0.4, -0.2) is 0 Å². The number of benzene rings is 1. The van der Waals surface area contributed by atoms with Gasteiger partial charge in [-0.25, -0.2) is 0 Å². The normalized spacial score (nSPS) is 17.3. The minimum absolute atomic E-state index is 0.0115. The first-order valence-corrected chi connectivity index (χ1v) is 5.90. The molecule has 0 radical (unpaired) electrons. The van der Waals surface area contributed by atoms with Gasteiger partial charge < -0.3 is 0 Å². The van der Waals surface area contributed by atoms with Gasteiger partial charge in [0, 0.05) is 5.88 Å². The fourth-order valence-corrected chi connectivity index (χ4v) is 1.74. The van der Waals surface area contributed by atoms with Crippen molar-refractivity contribution in [3.8, 4) is 0 Å². The minimum Gasteiger partial charge on any atom is -0.122 e. The van der Waals surface area contributed by atoms with Crippen LogP contribution >= 0.6 is 21.8 Å². The number of rotatable bonds is 2. The number of hydrogen-bond donors (Lipinski definition) is 0. The Morgan fingerprint density at radius 1 is 1.07 bits per heavy atom. The van der Waals surface area contributed by atoms with Crippen molar-refractivity contribution in [1.82, 2.24) is 0 Å². The van der Waals surface area contributed by atoms with Crippen LogP contribution in [0.15, 0.2) is 29.2 Å². The Labute approximate surface area is 82.4 Å². The molecular formula is C7H6ClF5S. The molecule has 0 bridgehead atoms. The molecule has 0 N–H and O–H groups in total. The third-order valence-electron chi connectivity index (χ3n) is 1.50. The van der Waals surface area contributed by atoms with E-state index in [0.29, 0.717) is 12.1 Å². The van der Waals surface area contributed by atoms with Crippen LogP contribution in [0.5, 0.6) is 0 Å². The summed E-state index contributed by atoms with van der Waals surface area (Å²) in [6.07, 6.45) is 0. The Morgan fingerprint density at radius 2 is 1.64 bits per heavy atom. The van der Waals surface area contributed by atoms with Crippen LogP contribution in [0, 0.1) is 0 Å². The van der Waals surface area contributed by atoms with E-state index in [9.17, 15) is 19.4 Å². The quantitative estimate of drug-likeness (QED) is 0.508. The van der Waals surface area contributed by atoms with Crippen molar-refractivity contribution in [2.75, 3.05) is 0 Å². The number of halogens is 6. The molecule has 1 aromatic carbocycles. The van der Waals surface area contributed by atoms with E-state index in [1.54, 1.807) is 0 Å². The van der Waals surface area contributed by atoms with E-state index >= 15 is 0 Å². The molecule has 1 aromatic rings. The van der Waals surface area contributed by atoms with Gasteiger partial charge in [-0.15, -0.1) is 11.6 Å². The van der Waals surface area contributed by atoms with Crippen LogP contribution in [0.1, 0.15) is 5.56 Å². The summed E-state index contributed by atoms with van der Waals surface area (Å²) in [6.45, 7) is 0. The van der Waals surface area contributed by atoms with Gasteiger partial charge in [0.05, 0.1) is 0 Å². The molecule has 0 amide bonds. The lowest BCUT2D eigenvalue weighted by atomic mass is 10.2. The Kier molecular flexibility index (Phi) is 2.11. The minimum atomic E-state index is -9.54. The topological polar surface area (TPSA) is 0 Å². The van der Waals surface area contributed by atoms with Crippen LogP contribution in [0.25, 0.3) is 0 Å². The van der Waals surface area contributed by atoms with Crippen LogP contribution in [0.2, 0.25) is 0 Å². The molecule has 0 aliphatic rings. The van der Waals surface area contributed by atoms with Crippen molar-refractivity contribution < 1.29 is 19.4 Å². The highest BCUT2D eigenvalue weighted by atomic mass is 35.5. The predicted octanol–water partition coefficient (Wildman–Crippen LogP) is 5.08. The molecular weight excluding hydrogens is 247 g/mol. The SMILES string of the molecule is FS(F)(F)(F)(F)c1cccc(CCl)c1. The molecule has 0 aliphatic carbocycles. The zero-order valence-corrected chi connectivity index (χ0v) is 8.26. The van der Waals surface area contributed by atoms with Gasteiger partial charge in [0.15, 0.2) is 0 Å². The molecule has 0 fully saturated rings. The average Bonchev–Trinajstić information content (AvgIpc) is 2.01. The average molecular weight is 253 g/mol. The van der Waals surface area contributed by atoms with Crippen molar-refractivity contribution in [2.24, 2.45) is 0 Å². The van der Waals surface area contributed by atoms with Crippen LogP contribution in [0.4, 0.5) is 19.4 Å². The Bertz CT molecular complexity index is 357. The van der Waals surface area contributed by atoms with Gasteiger partial charge in [-0.2, -0.15) is 0 Å². The predicted molar refractivity (Wildman–Crippen MR) is 47.4 cm³/mol. The first kappa shape index (κ1) is 11.6. The molecule has 0 saturated heterocycles. The smallest absolute Gasteiger partial charge is 0.122 e. The molecule has 0 unspecified atom stereocenters. The number of hydrogen-bond acceptors (Lipinski definition) is 0. The van der Waals surface area contributed by atoms with Gasteiger partial charge in [0.2, 0.25) is 0 Å². The highest BCUT2D eigenvalue weighted by Crippen LogP contribution is 3.02. The first-order chi connectivity index (χ1) is 6.03. The molecule has 0 atom stereocenters. The largest absolute Gasteiger partial charge is 0.310 e. The lowest BCUT2D eigenvalue weighted by molar-refractivity contribution is 0.364. The molecule has 0 aliphatic heterocycles. The Hall–Kier alpha value is -0.490. The lowest BCUT2D eigenvalue weighted by Gasteiger charge is -2.40. The zero-order valence-electron chi connectivity index (χ0n) is 6.69. The first-order valence-electron chi connectivity index (χ1n) is 3.42. The molecule has 0 heterocycles. The van der Waals surface area contributed by atoms with E-state index in [4.69, 9.17) is 11.6 Å². The Balaban J connectivity index is 3.35. The van der Waals surface area contributed by atoms with Crippen molar-refractivity contribution in [3.63, 3.8) is 0 Å². The summed E-state index contributed by atoms with van der Waals surface area (Å²) in [5, 5.41) is 0. The fraction of sp³-hybridized carbons (Fsp3) is 0.143. The van der Waals surface area contributed by atoms with Crippen molar-refractivity contribution in [2.45, 2.75) is 10.8 Å². The van der Waals surface area contributed by atoms with Gasteiger partial charge >= 0.3 is 10.2 Å². The summed E-state index contributed by atoms with van der Waals surface area (Å²) in [5.41, 5.74) is 0.0115. The Morgan fingerprint density at radius 3 is 2.07 bits per heavy atom. The number of alkyl halides is 1. The van der Waals surface area contributed by atoms with Gasteiger partial charge in [-0.3, -0.25) is 0 Å². The molecule has 7 heteroatoms. The monoisotopic (exact) mass is 252 g/mol. The molecule has 14 heavy (non-hydrogen) atoms. The maximum absolute atomic E-state index is 12.2. The molecule has 0 nitrogen and oxygen atoms in total. The second kappa shape index (κ2) is 2.55. The molecule has 0 spiro atoms. The van der Waals surface area contributed by atoms with Gasteiger partial charge in [-0.05, 0) is 17.7 Å². The van der Waals surface area contributed by atoms with E-state index in [2.05, 4.69) is 0 Å². The third-order valence-corrected chi connectivity index (χ3v) is 2.95. The highest BCUT2D eigenvalue weighted by molar-refractivity contribution is 8.45. The van der Waals surface area contributed by atoms with E-state index < -0.39 is 15.1 Å². The summed E-state index contributed by atoms with van der Waals surface area (Å²) in [5.74, 6) is -0.234. The standard InChI is InChI=1S/C7H6ClF5S/c8-5-6-2-1-3-7(4-6)14(9,10,11,12)13/h1-4H,5H2. The summed E-state index contributed by atoms with van der Waals surface area (Å²) in [6, 6.07) is 2.87. The molecule has 0 saturated carbocycles. The van der Waals surface area contributed by atoms with Crippen LogP contribution in [-0.2, 0) is 5.88 Å². The lowest BCUT2D eigenvalue weighted by Crippen LogP contribution is -2.06. The van der Waals surface area contributed by atoms with Crippen molar-refractivity contribution in [3.05, 3.63) is 29.8 Å². The van der Waals surface area contributed by atoms with E-state index in [-0.39, 0.29) is 11.4 Å². The van der Waals surface area contributed by atoms with E-state index in [1.165, 1.54) is 6.07 Å². The third kappa shape index (κ3) is 2.75. The van der Waals surface area contributed by atoms with E-state index in [0.717, 1.165) is 6.07 Å². The summed E-state index contributed by atoms with van der Waals surface area (Å²) >= 11 is 5.24. The molecule has 82 valence electrons. The maximum atomic E-state index is 12.2. The van der Waals surface area contributed by atoms with Crippen LogP contribution < -0.4 is 0 Å². The van der Waals surface area contributed by atoms with Gasteiger partial charge in [-0.1, -0.05) is 31.6 Å². The fourth-order valence-electron chi connectivity index (χ4n) is 0.869. The van der Waals surface area contributed by atoms with Gasteiger partial charge in [0.25, 0.3) is 0 Å². The van der Waals surface area contributed by atoms with Crippen LogP contribution in [0.3, 0.4) is 0 Å². The van der Waals surface area contributed by atoms with E-state index in [1.807, 2.05) is 0 Å².